The van der Waals surface area contributed by atoms with Crippen LogP contribution in [0, 0.1) is 5.92 Å². The van der Waals surface area contributed by atoms with Gasteiger partial charge < -0.3 is 24.1 Å². The first-order valence-corrected chi connectivity index (χ1v) is 13.5. The molecule has 2 heterocycles. The highest BCUT2D eigenvalue weighted by molar-refractivity contribution is 6.01. The lowest BCUT2D eigenvalue weighted by Gasteiger charge is -2.30. The van der Waals surface area contributed by atoms with Gasteiger partial charge in [0.05, 0.1) is 23.5 Å². The third-order valence-corrected chi connectivity index (χ3v) is 7.73. The molecule has 2 aromatic carbocycles. The van der Waals surface area contributed by atoms with Gasteiger partial charge in [-0.3, -0.25) is 5.32 Å². The van der Waals surface area contributed by atoms with Crippen LogP contribution in [0.5, 0.6) is 5.75 Å². The zero-order valence-corrected chi connectivity index (χ0v) is 21.8. The van der Waals surface area contributed by atoms with Crippen molar-refractivity contribution in [1.29, 1.82) is 0 Å². The average Bonchev–Trinajstić information content (AvgIpc) is 3.55. The smallest absolute Gasteiger partial charge is 0.411 e. The highest BCUT2D eigenvalue weighted by Gasteiger charge is 2.32. The van der Waals surface area contributed by atoms with Gasteiger partial charge in [0.2, 0.25) is 0 Å². The Morgan fingerprint density at radius 1 is 1.16 bits per heavy atom. The number of anilines is 1. The van der Waals surface area contributed by atoms with Gasteiger partial charge in [-0.1, -0.05) is 12.1 Å². The molecule has 2 unspecified atom stereocenters. The maximum absolute atomic E-state index is 12.4. The fraction of sp³-hybridized carbons (Fsp3) is 0.433. The highest BCUT2D eigenvalue weighted by Crippen LogP contribution is 2.46. The van der Waals surface area contributed by atoms with Crippen molar-refractivity contribution in [3.8, 4) is 17.0 Å². The van der Waals surface area contributed by atoms with Crippen LogP contribution < -0.4 is 15.4 Å². The van der Waals surface area contributed by atoms with E-state index in [4.69, 9.17) is 14.2 Å². The summed E-state index contributed by atoms with van der Waals surface area (Å²) < 4.78 is 19.7. The summed E-state index contributed by atoms with van der Waals surface area (Å²) in [4.78, 5) is 12.4. The molecule has 3 aromatic rings. The van der Waals surface area contributed by atoms with Crippen LogP contribution in [0.4, 0.5) is 10.5 Å². The van der Waals surface area contributed by atoms with Crippen molar-refractivity contribution in [2.24, 2.45) is 5.92 Å². The normalized spacial score (nSPS) is 20.0. The Labute approximate surface area is 217 Å². The van der Waals surface area contributed by atoms with Crippen molar-refractivity contribution in [3.05, 3.63) is 54.3 Å². The van der Waals surface area contributed by atoms with E-state index in [-0.39, 0.29) is 12.3 Å². The van der Waals surface area contributed by atoms with Gasteiger partial charge in [-0.15, -0.1) is 0 Å². The van der Waals surface area contributed by atoms with Crippen LogP contribution in [0.1, 0.15) is 64.5 Å². The number of benzene rings is 2. The van der Waals surface area contributed by atoms with Crippen LogP contribution in [-0.4, -0.2) is 29.6 Å². The Morgan fingerprint density at radius 2 is 1.95 bits per heavy atom. The minimum atomic E-state index is -0.397. The summed E-state index contributed by atoms with van der Waals surface area (Å²) in [6.07, 6.45) is 7.13. The molecule has 6 rings (SSSR count). The van der Waals surface area contributed by atoms with E-state index >= 15 is 0 Å². The zero-order valence-electron chi connectivity index (χ0n) is 21.8. The van der Waals surface area contributed by atoms with Gasteiger partial charge in [-0.25, -0.2) is 4.79 Å². The van der Waals surface area contributed by atoms with Gasteiger partial charge in [-0.2, -0.15) is 0 Å². The monoisotopic (exact) mass is 501 g/mol. The number of carbonyl (C=O) groups excluding carboxylic acids is 1. The second kappa shape index (κ2) is 9.69. The Balaban J connectivity index is 1.40. The topological polar surface area (TPSA) is 73.8 Å². The van der Waals surface area contributed by atoms with E-state index in [0.29, 0.717) is 18.6 Å². The minimum absolute atomic E-state index is 0.0432. The van der Waals surface area contributed by atoms with E-state index in [1.54, 1.807) is 0 Å². The van der Waals surface area contributed by atoms with Crippen molar-refractivity contribution in [1.82, 2.24) is 9.88 Å². The molecule has 1 aromatic heterocycles. The molecule has 2 aliphatic carbocycles. The van der Waals surface area contributed by atoms with Crippen LogP contribution in [0.25, 0.3) is 27.9 Å². The van der Waals surface area contributed by atoms with Crippen LogP contribution >= 0.6 is 0 Å². The molecule has 7 heteroatoms. The van der Waals surface area contributed by atoms with E-state index in [1.807, 2.05) is 45.2 Å². The molecule has 7 nitrogen and oxygen atoms in total. The molecular weight excluding hydrogens is 466 g/mol. The zero-order chi connectivity index (χ0) is 25.5. The lowest BCUT2D eigenvalue weighted by molar-refractivity contribution is 0.108. The lowest BCUT2D eigenvalue weighted by atomic mass is 9.92. The van der Waals surface area contributed by atoms with Crippen molar-refractivity contribution < 1.29 is 19.0 Å². The van der Waals surface area contributed by atoms with E-state index in [1.165, 1.54) is 17.3 Å². The molecule has 1 aliphatic heterocycles. The van der Waals surface area contributed by atoms with Gasteiger partial charge >= 0.3 is 6.09 Å². The van der Waals surface area contributed by atoms with Crippen LogP contribution in [-0.2, 0) is 9.47 Å². The van der Waals surface area contributed by atoms with Crippen molar-refractivity contribution >= 4 is 28.4 Å². The fourth-order valence-corrected chi connectivity index (χ4v) is 5.40. The largest absolute Gasteiger partial charge is 0.494 e. The maximum atomic E-state index is 12.4. The standard InChI is InChI=1S/C30H35N3O4/c1-4-35-24-14-15-25-27(16-24)33(23-6-5-7-23)29(28(25)26-17-36-19(3)31-26)21-10-12-22(13-11-21)32-30(34)37-18(2)20-8-9-20/h10-20,23,31H,4-9H2,1-3H3,(H,32,34). The van der Waals surface area contributed by atoms with E-state index in [9.17, 15) is 4.79 Å². The summed E-state index contributed by atoms with van der Waals surface area (Å²) in [5.74, 6) is 1.39. The number of nitrogens with one attached hydrogen (secondary N) is 2. The number of rotatable bonds is 8. The predicted octanol–water partition coefficient (Wildman–Crippen LogP) is 7.04. The molecule has 0 saturated heterocycles. The molecule has 37 heavy (non-hydrogen) atoms. The van der Waals surface area contributed by atoms with Crippen LogP contribution in [0.2, 0.25) is 0 Å². The number of hydrogen-bond donors (Lipinski definition) is 2. The van der Waals surface area contributed by atoms with Crippen LogP contribution in [0.15, 0.2) is 48.7 Å². The molecule has 0 bridgehead atoms. The Morgan fingerprint density at radius 3 is 2.57 bits per heavy atom. The first-order chi connectivity index (χ1) is 18.0. The molecule has 194 valence electrons. The van der Waals surface area contributed by atoms with Gasteiger partial charge in [-0.05, 0) is 88.6 Å². The van der Waals surface area contributed by atoms with Gasteiger partial charge in [0.1, 0.15) is 18.1 Å². The summed E-state index contributed by atoms with van der Waals surface area (Å²) >= 11 is 0. The highest BCUT2D eigenvalue weighted by atomic mass is 16.6. The van der Waals surface area contributed by atoms with Crippen molar-refractivity contribution in [2.75, 3.05) is 11.9 Å². The average molecular weight is 502 g/mol. The second-order valence-corrected chi connectivity index (χ2v) is 10.4. The Bertz CT molecular complexity index is 1340. The summed E-state index contributed by atoms with van der Waals surface area (Å²) in [5.41, 5.74) is 6.24. The maximum Gasteiger partial charge on any atom is 0.411 e. The van der Waals surface area contributed by atoms with Crippen molar-refractivity contribution in [2.45, 2.75) is 71.2 Å². The third kappa shape index (κ3) is 4.63. The van der Waals surface area contributed by atoms with Crippen LogP contribution in [0.3, 0.4) is 0 Å². The summed E-state index contributed by atoms with van der Waals surface area (Å²) in [5, 5.41) is 7.55. The number of ether oxygens (including phenoxy) is 3. The molecule has 2 saturated carbocycles. The molecule has 0 radical (unpaired) electrons. The van der Waals surface area contributed by atoms with E-state index < -0.39 is 6.09 Å². The molecule has 2 atom stereocenters. The molecule has 0 spiro atoms. The minimum Gasteiger partial charge on any atom is -0.494 e. The molecule has 2 fully saturated rings. The summed E-state index contributed by atoms with van der Waals surface area (Å²) in [6, 6.07) is 14.9. The second-order valence-electron chi connectivity index (χ2n) is 10.4. The first-order valence-electron chi connectivity index (χ1n) is 13.5. The van der Waals surface area contributed by atoms with E-state index in [2.05, 4.69) is 39.5 Å². The van der Waals surface area contributed by atoms with Gasteiger partial charge in [0, 0.05) is 28.7 Å². The quantitative estimate of drug-likeness (QED) is 0.346. The SMILES string of the molecule is CCOc1ccc2c(C3=COC(C)N3)c(-c3ccc(NC(=O)OC(C)C4CC4)cc3)n(C3CCC3)c2c1. The third-order valence-electron chi connectivity index (χ3n) is 7.73. The number of fused-ring (bicyclic) bond motifs is 1. The molecule has 3 aliphatic rings. The predicted molar refractivity (Wildman–Crippen MR) is 145 cm³/mol. The fourth-order valence-electron chi connectivity index (χ4n) is 5.40. The molecule has 1 amide bonds. The van der Waals surface area contributed by atoms with E-state index in [0.717, 1.165) is 59.6 Å². The summed E-state index contributed by atoms with van der Waals surface area (Å²) in [7, 11) is 0. The number of amides is 1. The number of nitrogens with zero attached hydrogens (tertiary/aromatic N) is 1. The number of hydrogen-bond acceptors (Lipinski definition) is 5. The summed E-state index contributed by atoms with van der Waals surface area (Å²) in [6.45, 7) is 6.61. The van der Waals surface area contributed by atoms with Crippen molar-refractivity contribution in [3.63, 3.8) is 0 Å². The molecular formula is C30H35N3O4. The van der Waals surface area contributed by atoms with Gasteiger partial charge in [0.25, 0.3) is 0 Å². The molecule has 2 N–H and O–H groups in total. The van der Waals surface area contributed by atoms with Gasteiger partial charge in [0.15, 0.2) is 6.23 Å². The number of aromatic nitrogens is 1. The number of carbonyl (C=O) groups is 1. The Hall–Kier alpha value is -3.61. The Kier molecular flexibility index (Phi) is 6.22. The lowest BCUT2D eigenvalue weighted by Crippen LogP contribution is -2.21. The first kappa shape index (κ1) is 23.8.